The van der Waals surface area contributed by atoms with Gasteiger partial charge < -0.3 is 10.2 Å². The van der Waals surface area contributed by atoms with E-state index in [9.17, 15) is 13.6 Å². The minimum atomic E-state index is -0.604. The molecule has 35 heavy (non-hydrogen) atoms. The molecule has 0 spiro atoms. The maximum absolute atomic E-state index is 14.9. The largest absolute Gasteiger partial charge is 0.357 e. The summed E-state index contributed by atoms with van der Waals surface area (Å²) in [6.45, 7) is 3.36. The molecule has 1 fully saturated rings. The molecule has 3 aromatic carbocycles. The molecule has 1 saturated heterocycles. The van der Waals surface area contributed by atoms with Crippen molar-refractivity contribution in [1.82, 2.24) is 14.7 Å². The molecule has 2 heterocycles. The zero-order valence-electron chi connectivity index (χ0n) is 19.3. The lowest BCUT2D eigenvalue weighted by molar-refractivity contribution is 0.101. The summed E-state index contributed by atoms with van der Waals surface area (Å²) in [6, 6.07) is 15.9. The Morgan fingerprint density at radius 3 is 2.46 bits per heavy atom. The average Bonchev–Trinajstić information content (AvgIpc) is 3.26. The van der Waals surface area contributed by atoms with Crippen LogP contribution in [0.4, 0.5) is 14.5 Å². The second-order valence-corrected chi connectivity index (χ2v) is 8.80. The van der Waals surface area contributed by atoms with Gasteiger partial charge >= 0.3 is 0 Å². The third kappa shape index (κ3) is 4.64. The van der Waals surface area contributed by atoms with Gasteiger partial charge in [0.05, 0.1) is 17.1 Å². The van der Waals surface area contributed by atoms with Gasteiger partial charge in [-0.25, -0.2) is 13.5 Å². The minimum absolute atomic E-state index is 0.0320. The van der Waals surface area contributed by atoms with E-state index >= 15 is 0 Å². The summed E-state index contributed by atoms with van der Waals surface area (Å²) in [5.41, 5.74) is 2.02. The summed E-state index contributed by atoms with van der Waals surface area (Å²) in [7, 11) is 0. The highest BCUT2D eigenvalue weighted by Gasteiger charge is 2.20. The molecule has 178 valence electrons. The number of piperidine rings is 1. The molecule has 0 bridgehead atoms. The van der Waals surface area contributed by atoms with Gasteiger partial charge in [0.2, 0.25) is 0 Å². The van der Waals surface area contributed by atoms with Gasteiger partial charge in [-0.15, -0.1) is 0 Å². The summed E-state index contributed by atoms with van der Waals surface area (Å²) < 4.78 is 29.9. The molecule has 1 aromatic heterocycles. The zero-order chi connectivity index (χ0) is 24.5. The third-order valence-corrected chi connectivity index (χ3v) is 6.26. The molecule has 1 aliphatic heterocycles. The van der Waals surface area contributed by atoms with Crippen molar-refractivity contribution < 1.29 is 13.6 Å². The molecule has 0 unspecified atom stereocenters. The van der Waals surface area contributed by atoms with Crippen molar-refractivity contribution in [3.63, 3.8) is 0 Å². The number of carbonyl (C=O) groups is 1. The topological polar surface area (TPSA) is 74.0 Å². The van der Waals surface area contributed by atoms with Crippen LogP contribution in [0.15, 0.2) is 60.7 Å². The first kappa shape index (κ1) is 22.7. The van der Waals surface area contributed by atoms with Crippen molar-refractivity contribution in [3.8, 4) is 5.69 Å². The maximum Gasteiger partial charge on any atom is 0.274 e. The highest BCUT2D eigenvalue weighted by atomic mass is 19.1. The number of likely N-dealkylation sites (tertiary alicyclic amines) is 1. The molecule has 0 radical (unpaired) electrons. The van der Waals surface area contributed by atoms with Crippen molar-refractivity contribution in [2.24, 2.45) is 0 Å². The van der Waals surface area contributed by atoms with Crippen LogP contribution < -0.4 is 5.32 Å². The van der Waals surface area contributed by atoms with Crippen LogP contribution in [0.5, 0.6) is 0 Å². The van der Waals surface area contributed by atoms with Gasteiger partial charge in [-0.3, -0.25) is 10.2 Å². The van der Waals surface area contributed by atoms with Crippen LogP contribution in [0.25, 0.3) is 16.5 Å². The maximum atomic E-state index is 14.9. The molecule has 2 N–H and O–H groups in total. The molecule has 0 aliphatic carbocycles. The van der Waals surface area contributed by atoms with Crippen LogP contribution in [0, 0.1) is 24.0 Å². The average molecular weight is 474 g/mol. The molecule has 8 heteroatoms. The van der Waals surface area contributed by atoms with Gasteiger partial charge in [0.15, 0.2) is 0 Å². The van der Waals surface area contributed by atoms with Crippen LogP contribution in [0.1, 0.15) is 41.0 Å². The van der Waals surface area contributed by atoms with E-state index in [4.69, 9.17) is 5.41 Å². The van der Waals surface area contributed by atoms with Gasteiger partial charge in [-0.2, -0.15) is 5.10 Å². The van der Waals surface area contributed by atoms with Gasteiger partial charge in [0.25, 0.3) is 5.91 Å². The Labute approximate surface area is 201 Å². The lowest BCUT2D eigenvalue weighted by atomic mass is 10.1. The summed E-state index contributed by atoms with van der Waals surface area (Å²) in [4.78, 5) is 15.1. The number of hydrogen-bond acceptors (Lipinski definition) is 3. The smallest absolute Gasteiger partial charge is 0.274 e. The first-order valence-corrected chi connectivity index (χ1v) is 11.6. The Balaban J connectivity index is 1.39. The molecular weight excluding hydrogens is 448 g/mol. The number of halogens is 2. The number of hydrogen-bond donors (Lipinski definition) is 2. The number of aryl methyl sites for hydroxylation is 1. The van der Waals surface area contributed by atoms with Crippen molar-refractivity contribution >= 4 is 28.2 Å². The first-order valence-electron chi connectivity index (χ1n) is 11.6. The summed E-state index contributed by atoms with van der Waals surface area (Å²) in [5, 5.41) is 17.0. The predicted molar refractivity (Wildman–Crippen MR) is 132 cm³/mol. The van der Waals surface area contributed by atoms with E-state index < -0.39 is 11.7 Å². The van der Waals surface area contributed by atoms with Gasteiger partial charge in [0, 0.05) is 18.7 Å². The molecule has 5 rings (SSSR count). The number of rotatable bonds is 4. The van der Waals surface area contributed by atoms with Crippen molar-refractivity contribution in [2.75, 3.05) is 18.4 Å². The lowest BCUT2D eigenvalue weighted by Crippen LogP contribution is -2.35. The first-order chi connectivity index (χ1) is 16.9. The number of benzene rings is 3. The number of carbonyl (C=O) groups excluding carboxylic acids is 1. The molecule has 6 nitrogen and oxygen atoms in total. The van der Waals surface area contributed by atoms with Gasteiger partial charge in [-0.05, 0) is 85.5 Å². The number of nitrogens with zero attached hydrogens (tertiary/aromatic N) is 3. The van der Waals surface area contributed by atoms with E-state index in [0.717, 1.165) is 43.1 Å². The number of amides is 1. The van der Waals surface area contributed by atoms with Crippen molar-refractivity contribution in [3.05, 3.63) is 89.2 Å². The lowest BCUT2D eigenvalue weighted by Gasteiger charge is -2.29. The summed E-state index contributed by atoms with van der Waals surface area (Å²) in [6.07, 6.45) is 3.21. The number of anilines is 1. The Bertz CT molecular complexity index is 1440. The third-order valence-electron chi connectivity index (χ3n) is 6.26. The zero-order valence-corrected chi connectivity index (χ0v) is 19.3. The van der Waals surface area contributed by atoms with Crippen LogP contribution in [0.3, 0.4) is 0 Å². The Morgan fingerprint density at radius 2 is 1.69 bits per heavy atom. The van der Waals surface area contributed by atoms with Gasteiger partial charge in [0.1, 0.15) is 23.2 Å². The highest BCUT2D eigenvalue weighted by molar-refractivity contribution is 6.04. The van der Waals surface area contributed by atoms with Crippen LogP contribution in [-0.2, 0) is 0 Å². The second-order valence-electron chi connectivity index (χ2n) is 8.80. The van der Waals surface area contributed by atoms with Gasteiger partial charge in [-0.1, -0.05) is 12.1 Å². The Kier molecular flexibility index (Phi) is 6.03. The number of fused-ring (bicyclic) bond motifs is 1. The van der Waals surface area contributed by atoms with Crippen LogP contribution >= 0.6 is 0 Å². The highest BCUT2D eigenvalue weighted by Crippen LogP contribution is 2.23. The normalized spacial score (nSPS) is 13.7. The minimum Gasteiger partial charge on any atom is -0.357 e. The number of nitrogens with one attached hydrogen (secondary N) is 2. The van der Waals surface area contributed by atoms with E-state index in [-0.39, 0.29) is 17.2 Å². The molecule has 4 aromatic rings. The van der Waals surface area contributed by atoms with E-state index in [0.29, 0.717) is 22.8 Å². The fraction of sp³-hybridized carbons (Fsp3) is 0.222. The van der Waals surface area contributed by atoms with E-state index in [1.807, 2.05) is 11.0 Å². The number of aromatic nitrogens is 2. The Morgan fingerprint density at radius 1 is 0.943 bits per heavy atom. The molecule has 1 aliphatic rings. The van der Waals surface area contributed by atoms with E-state index in [1.54, 1.807) is 37.3 Å². The Hall–Kier alpha value is -4.07. The molecule has 0 atom stereocenters. The second kappa shape index (κ2) is 9.29. The fourth-order valence-corrected chi connectivity index (χ4v) is 4.44. The van der Waals surface area contributed by atoms with E-state index in [1.165, 1.54) is 28.9 Å². The van der Waals surface area contributed by atoms with Crippen LogP contribution in [0.2, 0.25) is 0 Å². The van der Waals surface area contributed by atoms with Crippen LogP contribution in [-0.4, -0.2) is 39.5 Å². The summed E-state index contributed by atoms with van der Waals surface area (Å²) in [5.74, 6) is -1.14. The van der Waals surface area contributed by atoms with Crippen molar-refractivity contribution in [2.45, 2.75) is 26.2 Å². The standard InChI is InChI=1S/C27H25F2N5O/c1-17-13-25(34(32-17)22-9-6-18-14-21(28)8-5-19(18)15-22)27(35)31-24-10-7-20(16-23(24)29)26(30)33-11-3-2-4-12-33/h5-10,13-16,30H,2-4,11-12H2,1H3,(H,31,35). The summed E-state index contributed by atoms with van der Waals surface area (Å²) >= 11 is 0. The number of amidine groups is 1. The predicted octanol–water partition coefficient (Wildman–Crippen LogP) is 5.68. The SMILES string of the molecule is Cc1cc(C(=O)Nc2ccc(C(=N)N3CCCCC3)cc2F)n(-c2ccc3cc(F)ccc3c2)n1. The quantitative estimate of drug-likeness (QED) is 0.296. The van der Waals surface area contributed by atoms with Crippen molar-refractivity contribution in [1.29, 1.82) is 5.41 Å². The molecule has 1 amide bonds. The van der Waals surface area contributed by atoms with E-state index in [2.05, 4.69) is 10.4 Å². The molecular formula is C27H25F2N5O. The fourth-order valence-electron chi connectivity index (χ4n) is 4.44. The molecule has 0 saturated carbocycles. The monoisotopic (exact) mass is 473 g/mol.